The number of benzene rings is 2. The lowest BCUT2D eigenvalue weighted by atomic mass is 10.1. The molecule has 0 radical (unpaired) electrons. The Morgan fingerprint density at radius 1 is 1.08 bits per heavy atom. The van der Waals surface area contributed by atoms with Crippen molar-refractivity contribution in [2.24, 2.45) is 0 Å². The Morgan fingerprint density at radius 3 is 2.50 bits per heavy atom. The molecule has 0 heterocycles. The highest BCUT2D eigenvalue weighted by Gasteiger charge is 2.15. The van der Waals surface area contributed by atoms with Crippen LogP contribution in [0.3, 0.4) is 0 Å². The van der Waals surface area contributed by atoms with Crippen molar-refractivity contribution in [1.29, 1.82) is 0 Å². The number of hydrogen-bond acceptors (Lipinski definition) is 4. The standard InChI is InChI=1S/C20H22O4/c1-3-20(21)24-17(14-22-4-2)15-23-19-13-9-8-12-18(19)16-10-6-5-7-11-16/h3,5-13,17H,1,4,14-15H2,2H3. The van der Waals surface area contributed by atoms with Gasteiger partial charge < -0.3 is 14.2 Å². The van der Waals surface area contributed by atoms with Crippen molar-refractivity contribution in [2.45, 2.75) is 13.0 Å². The van der Waals surface area contributed by atoms with Gasteiger partial charge in [0.15, 0.2) is 6.10 Å². The Labute approximate surface area is 142 Å². The number of hydrogen-bond donors (Lipinski definition) is 0. The van der Waals surface area contributed by atoms with E-state index in [0.717, 1.165) is 23.0 Å². The van der Waals surface area contributed by atoms with Gasteiger partial charge in [-0.05, 0) is 18.6 Å². The second kappa shape index (κ2) is 9.53. The molecule has 1 unspecified atom stereocenters. The molecule has 0 aliphatic heterocycles. The van der Waals surface area contributed by atoms with Gasteiger partial charge >= 0.3 is 5.97 Å². The molecule has 0 amide bonds. The number of carbonyl (C=O) groups excluding carboxylic acids is 1. The molecule has 0 N–H and O–H groups in total. The summed E-state index contributed by atoms with van der Waals surface area (Å²) >= 11 is 0. The second-order valence-electron chi connectivity index (χ2n) is 5.10. The maximum Gasteiger partial charge on any atom is 0.330 e. The minimum Gasteiger partial charge on any atom is -0.489 e. The molecule has 2 aromatic carbocycles. The first-order valence-electron chi connectivity index (χ1n) is 7.92. The van der Waals surface area contributed by atoms with Crippen molar-refractivity contribution in [3.63, 3.8) is 0 Å². The summed E-state index contributed by atoms with van der Waals surface area (Å²) in [6.07, 6.45) is 0.649. The first-order valence-corrected chi connectivity index (χ1v) is 7.92. The Balaban J connectivity index is 2.09. The second-order valence-corrected chi connectivity index (χ2v) is 5.10. The quantitative estimate of drug-likeness (QED) is 0.518. The molecule has 0 bridgehead atoms. The molecule has 0 fully saturated rings. The van der Waals surface area contributed by atoms with Crippen LogP contribution >= 0.6 is 0 Å². The van der Waals surface area contributed by atoms with Crippen LogP contribution in [0.15, 0.2) is 67.3 Å². The lowest BCUT2D eigenvalue weighted by molar-refractivity contribution is -0.147. The highest BCUT2D eigenvalue weighted by Crippen LogP contribution is 2.29. The molecule has 0 spiro atoms. The van der Waals surface area contributed by atoms with Crippen LogP contribution in [0.2, 0.25) is 0 Å². The van der Waals surface area contributed by atoms with Crippen molar-refractivity contribution in [3.8, 4) is 16.9 Å². The van der Waals surface area contributed by atoms with Gasteiger partial charge in [0.05, 0.1) is 6.61 Å². The van der Waals surface area contributed by atoms with Gasteiger partial charge in [-0.3, -0.25) is 0 Å². The summed E-state index contributed by atoms with van der Waals surface area (Å²) in [5.41, 5.74) is 2.06. The largest absolute Gasteiger partial charge is 0.489 e. The number of esters is 1. The zero-order valence-corrected chi connectivity index (χ0v) is 13.8. The van der Waals surface area contributed by atoms with Gasteiger partial charge in [0.1, 0.15) is 12.4 Å². The maximum absolute atomic E-state index is 11.4. The third kappa shape index (κ3) is 5.25. The predicted molar refractivity (Wildman–Crippen MR) is 93.9 cm³/mol. The van der Waals surface area contributed by atoms with Crippen molar-refractivity contribution < 1.29 is 19.0 Å². The Morgan fingerprint density at radius 2 is 1.79 bits per heavy atom. The normalized spacial score (nSPS) is 11.5. The molecule has 1 atom stereocenters. The van der Waals surface area contributed by atoms with E-state index in [1.54, 1.807) is 0 Å². The third-order valence-electron chi connectivity index (χ3n) is 3.35. The molecular formula is C20H22O4. The number of rotatable bonds is 9. The minimum atomic E-state index is -0.487. The Hall–Kier alpha value is -2.59. The van der Waals surface area contributed by atoms with Crippen LogP contribution in [0.1, 0.15) is 6.92 Å². The van der Waals surface area contributed by atoms with Crippen molar-refractivity contribution in [1.82, 2.24) is 0 Å². The summed E-state index contributed by atoms with van der Waals surface area (Å²) in [5.74, 6) is 0.250. The molecule has 24 heavy (non-hydrogen) atoms. The van der Waals surface area contributed by atoms with Crippen LogP contribution in [0.4, 0.5) is 0 Å². The van der Waals surface area contributed by atoms with Crippen LogP contribution in [0, 0.1) is 0 Å². The van der Waals surface area contributed by atoms with E-state index in [0.29, 0.717) is 6.61 Å². The van der Waals surface area contributed by atoms with Crippen molar-refractivity contribution in [3.05, 3.63) is 67.3 Å². The van der Waals surface area contributed by atoms with Gasteiger partial charge in [-0.25, -0.2) is 4.79 Å². The molecule has 4 heteroatoms. The van der Waals surface area contributed by atoms with Crippen molar-refractivity contribution >= 4 is 5.97 Å². The van der Waals surface area contributed by atoms with E-state index in [4.69, 9.17) is 14.2 Å². The minimum absolute atomic E-state index is 0.212. The fourth-order valence-electron chi connectivity index (χ4n) is 2.21. The predicted octanol–water partition coefficient (Wildman–Crippen LogP) is 3.87. The highest BCUT2D eigenvalue weighted by atomic mass is 16.6. The van der Waals surface area contributed by atoms with E-state index in [-0.39, 0.29) is 13.2 Å². The Bertz CT molecular complexity index is 652. The van der Waals surface area contributed by atoms with Gasteiger partial charge in [-0.2, -0.15) is 0 Å². The van der Waals surface area contributed by atoms with E-state index in [2.05, 4.69) is 6.58 Å². The number of carbonyl (C=O) groups is 1. The SMILES string of the molecule is C=CC(=O)OC(COCC)COc1ccccc1-c1ccccc1. The number of ether oxygens (including phenoxy) is 3. The zero-order valence-electron chi connectivity index (χ0n) is 13.8. The van der Waals surface area contributed by atoms with E-state index in [1.807, 2.05) is 61.5 Å². The molecule has 0 saturated heterocycles. The molecule has 2 aromatic rings. The van der Waals surface area contributed by atoms with Gasteiger partial charge in [0, 0.05) is 18.2 Å². The van der Waals surface area contributed by atoms with Gasteiger partial charge in [-0.1, -0.05) is 55.1 Å². The lowest BCUT2D eigenvalue weighted by Crippen LogP contribution is -2.29. The Kier molecular flexibility index (Phi) is 7.05. The molecule has 4 nitrogen and oxygen atoms in total. The van der Waals surface area contributed by atoms with Crippen LogP contribution < -0.4 is 4.74 Å². The summed E-state index contributed by atoms with van der Waals surface area (Å²) in [7, 11) is 0. The summed E-state index contributed by atoms with van der Waals surface area (Å²) < 4.78 is 16.5. The zero-order chi connectivity index (χ0) is 17.2. The van der Waals surface area contributed by atoms with E-state index >= 15 is 0 Å². The third-order valence-corrected chi connectivity index (χ3v) is 3.35. The summed E-state index contributed by atoms with van der Waals surface area (Å²) in [6, 6.07) is 17.8. The topological polar surface area (TPSA) is 44.8 Å². The maximum atomic E-state index is 11.4. The summed E-state index contributed by atoms with van der Waals surface area (Å²) in [4.78, 5) is 11.4. The molecule has 0 saturated carbocycles. The first kappa shape index (κ1) is 17.8. The molecule has 0 aliphatic rings. The van der Waals surface area contributed by atoms with Crippen LogP contribution in [-0.4, -0.2) is 31.9 Å². The van der Waals surface area contributed by atoms with Gasteiger partial charge in [0.2, 0.25) is 0 Å². The lowest BCUT2D eigenvalue weighted by Gasteiger charge is -2.19. The molecule has 2 rings (SSSR count). The van der Waals surface area contributed by atoms with E-state index < -0.39 is 12.1 Å². The van der Waals surface area contributed by atoms with Crippen LogP contribution in [0.5, 0.6) is 5.75 Å². The van der Waals surface area contributed by atoms with Crippen LogP contribution in [0.25, 0.3) is 11.1 Å². The van der Waals surface area contributed by atoms with Crippen LogP contribution in [-0.2, 0) is 14.3 Å². The van der Waals surface area contributed by atoms with E-state index in [1.165, 1.54) is 0 Å². The smallest absolute Gasteiger partial charge is 0.330 e. The fraction of sp³-hybridized carbons (Fsp3) is 0.250. The average Bonchev–Trinajstić information content (AvgIpc) is 2.64. The molecule has 0 aliphatic carbocycles. The first-order chi connectivity index (χ1) is 11.7. The average molecular weight is 326 g/mol. The molecule has 126 valence electrons. The summed E-state index contributed by atoms with van der Waals surface area (Å²) in [6.45, 7) is 6.33. The fourth-order valence-corrected chi connectivity index (χ4v) is 2.21. The monoisotopic (exact) mass is 326 g/mol. The van der Waals surface area contributed by atoms with E-state index in [9.17, 15) is 4.79 Å². The number of para-hydroxylation sites is 1. The molecule has 0 aromatic heterocycles. The van der Waals surface area contributed by atoms with Crippen molar-refractivity contribution in [2.75, 3.05) is 19.8 Å². The summed E-state index contributed by atoms with van der Waals surface area (Å²) in [5, 5.41) is 0. The highest BCUT2D eigenvalue weighted by molar-refractivity contribution is 5.81. The van der Waals surface area contributed by atoms with Gasteiger partial charge in [0.25, 0.3) is 0 Å². The van der Waals surface area contributed by atoms with Gasteiger partial charge in [-0.15, -0.1) is 0 Å². The molecular weight excluding hydrogens is 304 g/mol.